The lowest BCUT2D eigenvalue weighted by atomic mass is 10.2. The predicted octanol–water partition coefficient (Wildman–Crippen LogP) is 2.00. The van der Waals surface area contributed by atoms with Gasteiger partial charge in [-0.25, -0.2) is 9.97 Å². The van der Waals surface area contributed by atoms with Gasteiger partial charge in [-0.1, -0.05) is 0 Å². The third-order valence-electron chi connectivity index (χ3n) is 3.36. The molecule has 0 saturated heterocycles. The standard InChI is InChI=1S/C17H22N4O4/c1-23-8-4-7-18-16(22)12-10-19-17(20-11-12)21-13-5-6-14(24-2)15(9-13)25-3/h5-6,9-11H,4,7-8H2,1-3H3,(H,18,22)(H,19,20,21). The van der Waals surface area contributed by atoms with Crippen molar-refractivity contribution >= 4 is 17.5 Å². The second kappa shape index (κ2) is 9.43. The van der Waals surface area contributed by atoms with Gasteiger partial charge >= 0.3 is 0 Å². The predicted molar refractivity (Wildman–Crippen MR) is 93.7 cm³/mol. The zero-order valence-electron chi connectivity index (χ0n) is 14.5. The minimum Gasteiger partial charge on any atom is -0.493 e. The summed E-state index contributed by atoms with van der Waals surface area (Å²) in [7, 11) is 4.77. The lowest BCUT2D eigenvalue weighted by Crippen LogP contribution is -2.25. The van der Waals surface area contributed by atoms with E-state index in [4.69, 9.17) is 14.2 Å². The van der Waals surface area contributed by atoms with E-state index in [-0.39, 0.29) is 5.91 Å². The summed E-state index contributed by atoms with van der Waals surface area (Å²) in [4.78, 5) is 20.3. The highest BCUT2D eigenvalue weighted by Gasteiger charge is 2.08. The topological polar surface area (TPSA) is 94.6 Å². The van der Waals surface area contributed by atoms with Crippen LogP contribution < -0.4 is 20.1 Å². The Labute approximate surface area is 146 Å². The van der Waals surface area contributed by atoms with Crippen molar-refractivity contribution in [1.82, 2.24) is 15.3 Å². The molecule has 0 aliphatic carbocycles. The van der Waals surface area contributed by atoms with Crippen molar-refractivity contribution in [2.45, 2.75) is 6.42 Å². The van der Waals surface area contributed by atoms with Crippen LogP contribution in [0, 0.1) is 0 Å². The SMILES string of the molecule is COCCCNC(=O)c1cnc(Nc2ccc(OC)c(OC)c2)nc1. The number of amides is 1. The fourth-order valence-corrected chi connectivity index (χ4v) is 2.07. The molecule has 0 unspecified atom stereocenters. The monoisotopic (exact) mass is 346 g/mol. The Morgan fingerprint density at radius 3 is 2.44 bits per heavy atom. The molecule has 0 fully saturated rings. The molecule has 0 spiro atoms. The van der Waals surface area contributed by atoms with E-state index in [2.05, 4.69) is 20.6 Å². The van der Waals surface area contributed by atoms with Crippen LogP contribution in [0.2, 0.25) is 0 Å². The number of nitrogens with one attached hydrogen (secondary N) is 2. The highest BCUT2D eigenvalue weighted by atomic mass is 16.5. The Morgan fingerprint density at radius 1 is 1.08 bits per heavy atom. The normalized spacial score (nSPS) is 10.2. The summed E-state index contributed by atoms with van der Waals surface area (Å²) in [6.45, 7) is 1.14. The van der Waals surface area contributed by atoms with Gasteiger partial charge in [0.1, 0.15) is 0 Å². The first-order chi connectivity index (χ1) is 12.2. The number of carbonyl (C=O) groups is 1. The molecule has 134 valence electrons. The van der Waals surface area contributed by atoms with Crippen molar-refractivity contribution in [2.75, 3.05) is 39.8 Å². The molecule has 0 aliphatic heterocycles. The maximum absolute atomic E-state index is 11.9. The van der Waals surface area contributed by atoms with Crippen LogP contribution in [-0.2, 0) is 4.74 Å². The van der Waals surface area contributed by atoms with Crippen LogP contribution in [0.15, 0.2) is 30.6 Å². The molecular formula is C17H22N4O4. The maximum Gasteiger partial charge on any atom is 0.254 e. The highest BCUT2D eigenvalue weighted by molar-refractivity contribution is 5.93. The van der Waals surface area contributed by atoms with Gasteiger partial charge in [0.2, 0.25) is 5.95 Å². The van der Waals surface area contributed by atoms with Gasteiger partial charge < -0.3 is 24.8 Å². The number of benzene rings is 1. The van der Waals surface area contributed by atoms with Gasteiger partial charge in [-0.15, -0.1) is 0 Å². The van der Waals surface area contributed by atoms with Crippen LogP contribution >= 0.6 is 0 Å². The van der Waals surface area contributed by atoms with Gasteiger partial charge in [-0.2, -0.15) is 0 Å². The van der Waals surface area contributed by atoms with E-state index >= 15 is 0 Å². The third kappa shape index (κ3) is 5.32. The van der Waals surface area contributed by atoms with E-state index in [0.29, 0.717) is 36.2 Å². The zero-order chi connectivity index (χ0) is 18.1. The Balaban J connectivity index is 1.97. The Kier molecular flexibility index (Phi) is 6.97. The molecule has 2 aromatic rings. The van der Waals surface area contributed by atoms with Crippen LogP contribution in [0.25, 0.3) is 0 Å². The molecule has 8 nitrogen and oxygen atoms in total. The quantitative estimate of drug-likeness (QED) is 0.671. The van der Waals surface area contributed by atoms with Crippen LogP contribution in [0.4, 0.5) is 11.6 Å². The summed E-state index contributed by atoms with van der Waals surface area (Å²) in [5.74, 6) is 1.39. The number of rotatable bonds is 9. The third-order valence-corrected chi connectivity index (χ3v) is 3.36. The first kappa shape index (κ1) is 18.5. The average Bonchev–Trinajstić information content (AvgIpc) is 2.65. The minimum absolute atomic E-state index is 0.214. The lowest BCUT2D eigenvalue weighted by Gasteiger charge is -2.10. The Hall–Kier alpha value is -2.87. The molecule has 0 saturated carbocycles. The second-order valence-corrected chi connectivity index (χ2v) is 5.09. The number of hydrogen-bond acceptors (Lipinski definition) is 7. The number of aromatic nitrogens is 2. The molecule has 1 heterocycles. The molecule has 25 heavy (non-hydrogen) atoms. The van der Waals surface area contributed by atoms with Crippen molar-refractivity contribution in [1.29, 1.82) is 0 Å². The number of nitrogens with zero attached hydrogens (tertiary/aromatic N) is 2. The lowest BCUT2D eigenvalue weighted by molar-refractivity contribution is 0.0948. The summed E-state index contributed by atoms with van der Waals surface area (Å²) in [5, 5.41) is 5.83. The van der Waals surface area contributed by atoms with Gasteiger partial charge in [-0.05, 0) is 18.6 Å². The van der Waals surface area contributed by atoms with Gasteiger partial charge in [0, 0.05) is 44.4 Å². The van der Waals surface area contributed by atoms with Gasteiger partial charge in [0.05, 0.1) is 19.8 Å². The number of anilines is 2. The van der Waals surface area contributed by atoms with Crippen LogP contribution in [0.5, 0.6) is 11.5 Å². The van der Waals surface area contributed by atoms with Crippen LogP contribution in [-0.4, -0.2) is 50.4 Å². The average molecular weight is 346 g/mol. The molecule has 2 rings (SSSR count). The van der Waals surface area contributed by atoms with E-state index in [1.165, 1.54) is 12.4 Å². The Morgan fingerprint density at radius 2 is 1.80 bits per heavy atom. The van der Waals surface area contributed by atoms with Gasteiger partial charge in [0.25, 0.3) is 5.91 Å². The van der Waals surface area contributed by atoms with Crippen molar-refractivity contribution < 1.29 is 19.0 Å². The summed E-state index contributed by atoms with van der Waals surface area (Å²) in [5.41, 5.74) is 1.14. The molecular weight excluding hydrogens is 324 g/mol. The van der Waals surface area contributed by atoms with Crippen LogP contribution in [0.1, 0.15) is 16.8 Å². The number of carbonyl (C=O) groups excluding carboxylic acids is 1. The first-order valence-electron chi connectivity index (χ1n) is 7.76. The highest BCUT2D eigenvalue weighted by Crippen LogP contribution is 2.30. The van der Waals surface area contributed by atoms with Gasteiger partial charge in [0.15, 0.2) is 11.5 Å². The number of hydrogen-bond donors (Lipinski definition) is 2. The fraction of sp³-hybridized carbons (Fsp3) is 0.353. The molecule has 1 aromatic heterocycles. The molecule has 2 N–H and O–H groups in total. The van der Waals surface area contributed by atoms with Crippen molar-refractivity contribution in [2.24, 2.45) is 0 Å². The summed E-state index contributed by atoms with van der Waals surface area (Å²) in [6.07, 6.45) is 3.70. The van der Waals surface area contributed by atoms with Crippen molar-refractivity contribution in [3.63, 3.8) is 0 Å². The molecule has 0 radical (unpaired) electrons. The Bertz CT molecular complexity index is 692. The molecule has 8 heteroatoms. The van der Waals surface area contributed by atoms with E-state index in [1.807, 2.05) is 6.07 Å². The molecule has 1 amide bonds. The number of ether oxygens (including phenoxy) is 3. The zero-order valence-corrected chi connectivity index (χ0v) is 14.5. The molecule has 1 aromatic carbocycles. The van der Waals surface area contributed by atoms with E-state index < -0.39 is 0 Å². The van der Waals surface area contributed by atoms with E-state index in [0.717, 1.165) is 12.1 Å². The van der Waals surface area contributed by atoms with Crippen LogP contribution in [0.3, 0.4) is 0 Å². The van der Waals surface area contributed by atoms with E-state index in [1.54, 1.807) is 33.5 Å². The van der Waals surface area contributed by atoms with E-state index in [9.17, 15) is 4.79 Å². The smallest absolute Gasteiger partial charge is 0.254 e. The van der Waals surface area contributed by atoms with Gasteiger partial charge in [-0.3, -0.25) is 4.79 Å². The van der Waals surface area contributed by atoms with Crippen molar-refractivity contribution in [3.8, 4) is 11.5 Å². The van der Waals surface area contributed by atoms with Crippen molar-refractivity contribution in [3.05, 3.63) is 36.2 Å². The maximum atomic E-state index is 11.9. The summed E-state index contributed by atoms with van der Waals surface area (Å²) < 4.78 is 15.4. The molecule has 0 atom stereocenters. The summed E-state index contributed by atoms with van der Waals surface area (Å²) >= 11 is 0. The number of methoxy groups -OCH3 is 3. The second-order valence-electron chi connectivity index (χ2n) is 5.09. The first-order valence-corrected chi connectivity index (χ1v) is 7.76. The fourth-order valence-electron chi connectivity index (χ4n) is 2.07. The summed E-state index contributed by atoms with van der Waals surface area (Å²) in [6, 6.07) is 5.38. The minimum atomic E-state index is -0.214. The molecule has 0 bridgehead atoms. The molecule has 0 aliphatic rings. The largest absolute Gasteiger partial charge is 0.493 e.